The molecule has 0 radical (unpaired) electrons. The van der Waals surface area contributed by atoms with E-state index in [1.165, 1.54) is 0 Å². The predicted octanol–water partition coefficient (Wildman–Crippen LogP) is 1.12. The molecular formula is C11H13NO2. The van der Waals surface area contributed by atoms with Crippen LogP contribution in [0, 0.1) is 6.92 Å². The fourth-order valence-electron chi connectivity index (χ4n) is 1.28. The Hall–Kier alpha value is -1.35. The average molecular weight is 191 g/mol. The van der Waals surface area contributed by atoms with Crippen molar-refractivity contribution in [2.45, 2.75) is 13.0 Å². The number of epoxide rings is 1. The third-order valence-corrected chi connectivity index (χ3v) is 2.17. The highest BCUT2D eigenvalue weighted by Gasteiger charge is 2.22. The van der Waals surface area contributed by atoms with Crippen molar-refractivity contribution in [2.24, 2.45) is 0 Å². The summed E-state index contributed by atoms with van der Waals surface area (Å²) in [5.74, 6) is -0.0239. The summed E-state index contributed by atoms with van der Waals surface area (Å²) in [5, 5.41) is 2.82. The second kappa shape index (κ2) is 3.80. The lowest BCUT2D eigenvalue weighted by atomic mass is 10.1. The maximum atomic E-state index is 11.6. The monoisotopic (exact) mass is 191 g/mol. The summed E-state index contributed by atoms with van der Waals surface area (Å²) in [6.45, 7) is 3.36. The second-order valence-corrected chi connectivity index (χ2v) is 3.53. The van der Waals surface area contributed by atoms with Crippen LogP contribution in [-0.2, 0) is 4.74 Å². The van der Waals surface area contributed by atoms with Crippen molar-refractivity contribution in [3.63, 3.8) is 0 Å². The SMILES string of the molecule is Cc1cccc(C(=O)NCC2CO2)c1. The molecule has 3 heteroatoms. The van der Waals surface area contributed by atoms with E-state index in [1.807, 2.05) is 31.2 Å². The molecule has 0 spiro atoms. The molecule has 0 bridgehead atoms. The molecule has 1 heterocycles. The van der Waals surface area contributed by atoms with Crippen LogP contribution in [-0.4, -0.2) is 25.2 Å². The molecule has 2 rings (SSSR count). The van der Waals surface area contributed by atoms with Gasteiger partial charge in [-0.1, -0.05) is 17.7 Å². The van der Waals surface area contributed by atoms with Crippen LogP contribution in [0.2, 0.25) is 0 Å². The van der Waals surface area contributed by atoms with Crippen molar-refractivity contribution in [3.8, 4) is 0 Å². The summed E-state index contributed by atoms with van der Waals surface area (Å²) < 4.78 is 5.00. The molecule has 0 aliphatic carbocycles. The van der Waals surface area contributed by atoms with Crippen molar-refractivity contribution >= 4 is 5.91 Å². The Kier molecular flexibility index (Phi) is 2.50. The smallest absolute Gasteiger partial charge is 0.251 e. The molecule has 1 unspecified atom stereocenters. The number of benzene rings is 1. The topological polar surface area (TPSA) is 41.6 Å². The van der Waals surface area contributed by atoms with Crippen molar-refractivity contribution in [1.29, 1.82) is 0 Å². The van der Waals surface area contributed by atoms with Crippen molar-refractivity contribution < 1.29 is 9.53 Å². The zero-order valence-corrected chi connectivity index (χ0v) is 8.12. The number of hydrogen-bond donors (Lipinski definition) is 1. The van der Waals surface area contributed by atoms with Gasteiger partial charge in [0.05, 0.1) is 12.7 Å². The lowest BCUT2D eigenvalue weighted by Crippen LogP contribution is -2.27. The van der Waals surface area contributed by atoms with E-state index in [1.54, 1.807) is 0 Å². The standard InChI is InChI=1S/C11H13NO2/c1-8-3-2-4-9(5-8)11(13)12-6-10-7-14-10/h2-5,10H,6-7H2,1H3,(H,12,13). The van der Waals surface area contributed by atoms with Crippen LogP contribution in [0.25, 0.3) is 0 Å². The summed E-state index contributed by atoms with van der Waals surface area (Å²) in [6.07, 6.45) is 0.240. The summed E-state index contributed by atoms with van der Waals surface area (Å²) in [4.78, 5) is 11.6. The van der Waals surface area contributed by atoms with Crippen LogP contribution in [0.3, 0.4) is 0 Å². The van der Waals surface area contributed by atoms with E-state index in [-0.39, 0.29) is 12.0 Å². The first-order valence-electron chi connectivity index (χ1n) is 4.72. The highest BCUT2D eigenvalue weighted by molar-refractivity contribution is 5.94. The molecule has 1 aromatic carbocycles. The van der Waals surface area contributed by atoms with E-state index in [4.69, 9.17) is 4.74 Å². The van der Waals surface area contributed by atoms with Crippen LogP contribution in [0.1, 0.15) is 15.9 Å². The van der Waals surface area contributed by atoms with E-state index in [2.05, 4.69) is 5.32 Å². The van der Waals surface area contributed by atoms with E-state index >= 15 is 0 Å². The van der Waals surface area contributed by atoms with Crippen LogP contribution in [0.15, 0.2) is 24.3 Å². The third kappa shape index (κ3) is 2.33. The number of carbonyl (C=O) groups excluding carboxylic acids is 1. The third-order valence-electron chi connectivity index (χ3n) is 2.17. The minimum absolute atomic E-state index is 0.0239. The molecule has 1 aromatic rings. The fraction of sp³-hybridized carbons (Fsp3) is 0.364. The minimum Gasteiger partial charge on any atom is -0.371 e. The van der Waals surface area contributed by atoms with E-state index < -0.39 is 0 Å². The molecule has 1 saturated heterocycles. The molecule has 14 heavy (non-hydrogen) atoms. The van der Waals surface area contributed by atoms with Gasteiger partial charge in [-0.15, -0.1) is 0 Å². The van der Waals surface area contributed by atoms with Crippen LogP contribution in [0.4, 0.5) is 0 Å². The molecular weight excluding hydrogens is 178 g/mol. The normalized spacial score (nSPS) is 19.1. The van der Waals surface area contributed by atoms with E-state index in [0.717, 1.165) is 12.2 Å². The first kappa shape index (κ1) is 9.21. The molecule has 1 aliphatic rings. The molecule has 1 fully saturated rings. The molecule has 1 aliphatic heterocycles. The van der Waals surface area contributed by atoms with Gasteiger partial charge in [-0.2, -0.15) is 0 Å². The molecule has 74 valence electrons. The number of amides is 1. The van der Waals surface area contributed by atoms with Gasteiger partial charge < -0.3 is 10.1 Å². The Balaban J connectivity index is 1.95. The van der Waals surface area contributed by atoms with Gasteiger partial charge in [0.15, 0.2) is 0 Å². The maximum absolute atomic E-state index is 11.6. The van der Waals surface area contributed by atoms with E-state index in [0.29, 0.717) is 12.1 Å². The van der Waals surface area contributed by atoms with Crippen molar-refractivity contribution in [3.05, 3.63) is 35.4 Å². The molecule has 0 saturated carbocycles. The van der Waals surface area contributed by atoms with Gasteiger partial charge in [-0.05, 0) is 19.1 Å². The Labute approximate surface area is 83.1 Å². The number of aryl methyl sites for hydroxylation is 1. The van der Waals surface area contributed by atoms with Crippen LogP contribution in [0.5, 0.6) is 0 Å². The quantitative estimate of drug-likeness (QED) is 0.727. The van der Waals surface area contributed by atoms with Gasteiger partial charge >= 0.3 is 0 Å². The number of nitrogens with one attached hydrogen (secondary N) is 1. The molecule has 1 atom stereocenters. The first-order valence-corrected chi connectivity index (χ1v) is 4.72. The molecule has 1 amide bonds. The van der Waals surface area contributed by atoms with Crippen molar-refractivity contribution in [1.82, 2.24) is 5.32 Å². The predicted molar refractivity (Wildman–Crippen MR) is 53.3 cm³/mol. The second-order valence-electron chi connectivity index (χ2n) is 3.53. The van der Waals surface area contributed by atoms with E-state index in [9.17, 15) is 4.79 Å². The van der Waals surface area contributed by atoms with Gasteiger partial charge in [0.2, 0.25) is 0 Å². The lowest BCUT2D eigenvalue weighted by Gasteiger charge is -2.03. The minimum atomic E-state index is -0.0239. The van der Waals surface area contributed by atoms with Gasteiger partial charge in [0.25, 0.3) is 5.91 Å². The first-order chi connectivity index (χ1) is 6.75. The fourth-order valence-corrected chi connectivity index (χ4v) is 1.28. The van der Waals surface area contributed by atoms with Crippen LogP contribution < -0.4 is 5.32 Å². The maximum Gasteiger partial charge on any atom is 0.251 e. The average Bonchev–Trinajstić information content (AvgIpc) is 2.97. The Bertz CT molecular complexity index is 345. The van der Waals surface area contributed by atoms with Crippen molar-refractivity contribution in [2.75, 3.05) is 13.2 Å². The van der Waals surface area contributed by atoms with Gasteiger partial charge in [0.1, 0.15) is 0 Å². The Morgan fingerprint density at radius 2 is 2.43 bits per heavy atom. The molecule has 1 N–H and O–H groups in total. The largest absolute Gasteiger partial charge is 0.371 e. The zero-order chi connectivity index (χ0) is 9.97. The summed E-state index contributed by atoms with van der Waals surface area (Å²) in [6, 6.07) is 7.55. The van der Waals surface area contributed by atoms with Crippen LogP contribution >= 0.6 is 0 Å². The number of rotatable bonds is 3. The summed E-state index contributed by atoms with van der Waals surface area (Å²) >= 11 is 0. The Morgan fingerprint density at radius 1 is 1.64 bits per heavy atom. The lowest BCUT2D eigenvalue weighted by molar-refractivity contribution is 0.0950. The molecule has 3 nitrogen and oxygen atoms in total. The highest BCUT2D eigenvalue weighted by atomic mass is 16.6. The highest BCUT2D eigenvalue weighted by Crippen LogP contribution is 2.07. The van der Waals surface area contributed by atoms with Gasteiger partial charge in [0, 0.05) is 12.1 Å². The molecule has 0 aromatic heterocycles. The summed E-state index contributed by atoms with van der Waals surface area (Å²) in [7, 11) is 0. The number of hydrogen-bond acceptors (Lipinski definition) is 2. The van der Waals surface area contributed by atoms with Gasteiger partial charge in [-0.3, -0.25) is 4.79 Å². The van der Waals surface area contributed by atoms with Gasteiger partial charge in [-0.25, -0.2) is 0 Å². The Morgan fingerprint density at radius 3 is 3.07 bits per heavy atom. The number of ether oxygens (including phenoxy) is 1. The zero-order valence-electron chi connectivity index (χ0n) is 8.12. The summed E-state index contributed by atoms with van der Waals surface area (Å²) in [5.41, 5.74) is 1.81. The number of carbonyl (C=O) groups is 1.